The molecule has 0 saturated carbocycles. The minimum atomic E-state index is 0. The quantitative estimate of drug-likeness (QED) is 0.782. The van der Waals surface area contributed by atoms with Gasteiger partial charge in [-0.05, 0) is 37.5 Å². The number of carbonyl (C=O) groups excluding carboxylic acids is 2. The van der Waals surface area contributed by atoms with Gasteiger partial charge in [-0.3, -0.25) is 14.5 Å². The van der Waals surface area contributed by atoms with Crippen molar-refractivity contribution in [2.75, 3.05) is 51.5 Å². The first-order valence-electron chi connectivity index (χ1n) is 8.70. The van der Waals surface area contributed by atoms with Gasteiger partial charge in [0.25, 0.3) is 5.91 Å². The van der Waals surface area contributed by atoms with Crippen LogP contribution in [-0.4, -0.2) is 72.3 Å². The largest absolute Gasteiger partial charge is 0.399 e. The summed E-state index contributed by atoms with van der Waals surface area (Å²) >= 11 is 0. The van der Waals surface area contributed by atoms with Crippen LogP contribution in [0.5, 0.6) is 0 Å². The maximum absolute atomic E-state index is 12.7. The van der Waals surface area contributed by atoms with Crippen LogP contribution in [0.25, 0.3) is 0 Å². The fourth-order valence-electron chi connectivity index (χ4n) is 3.41. The summed E-state index contributed by atoms with van der Waals surface area (Å²) in [6.07, 6.45) is 2.24. The fourth-order valence-corrected chi connectivity index (χ4v) is 3.41. The number of likely N-dealkylation sites (tertiary alicyclic amines) is 1. The number of carbonyl (C=O) groups is 2. The van der Waals surface area contributed by atoms with E-state index in [2.05, 4.69) is 4.90 Å². The molecular formula is C18H28Cl2N4O2. The maximum Gasteiger partial charge on any atom is 0.254 e. The Morgan fingerprint density at radius 3 is 2.19 bits per heavy atom. The molecule has 8 heteroatoms. The smallest absolute Gasteiger partial charge is 0.254 e. The third-order valence-corrected chi connectivity index (χ3v) is 4.97. The molecule has 2 saturated heterocycles. The molecule has 0 unspecified atom stereocenters. The van der Waals surface area contributed by atoms with Crippen molar-refractivity contribution in [3.05, 3.63) is 29.3 Å². The van der Waals surface area contributed by atoms with Crippen molar-refractivity contribution in [1.29, 1.82) is 0 Å². The summed E-state index contributed by atoms with van der Waals surface area (Å²) < 4.78 is 0. The normalized spacial score (nSPS) is 17.4. The number of rotatable bonds is 3. The lowest BCUT2D eigenvalue weighted by molar-refractivity contribution is -0.131. The number of anilines is 1. The molecule has 2 amide bonds. The topological polar surface area (TPSA) is 69.9 Å². The third kappa shape index (κ3) is 5.25. The summed E-state index contributed by atoms with van der Waals surface area (Å²) in [7, 11) is 0. The second kappa shape index (κ2) is 10.00. The number of nitrogen functional groups attached to an aromatic ring is 1. The highest BCUT2D eigenvalue weighted by Crippen LogP contribution is 2.16. The van der Waals surface area contributed by atoms with Gasteiger partial charge in [0, 0.05) is 50.5 Å². The second-order valence-corrected chi connectivity index (χ2v) is 6.73. The Bertz CT molecular complexity index is 628. The van der Waals surface area contributed by atoms with Gasteiger partial charge in [-0.2, -0.15) is 0 Å². The molecule has 26 heavy (non-hydrogen) atoms. The molecule has 2 aliphatic rings. The van der Waals surface area contributed by atoms with Crippen LogP contribution in [0.1, 0.15) is 28.8 Å². The van der Waals surface area contributed by atoms with E-state index in [0.29, 0.717) is 30.9 Å². The summed E-state index contributed by atoms with van der Waals surface area (Å²) in [6, 6.07) is 5.45. The molecular weight excluding hydrogens is 375 g/mol. The van der Waals surface area contributed by atoms with Gasteiger partial charge in [-0.15, -0.1) is 24.8 Å². The van der Waals surface area contributed by atoms with E-state index in [9.17, 15) is 9.59 Å². The van der Waals surface area contributed by atoms with E-state index in [1.165, 1.54) is 0 Å². The Labute approximate surface area is 167 Å². The summed E-state index contributed by atoms with van der Waals surface area (Å²) in [5.74, 6) is 0.254. The average Bonchev–Trinajstić information content (AvgIpc) is 3.12. The van der Waals surface area contributed by atoms with Crippen LogP contribution in [0.3, 0.4) is 0 Å². The molecule has 3 rings (SSSR count). The van der Waals surface area contributed by atoms with E-state index in [4.69, 9.17) is 5.73 Å². The molecule has 2 fully saturated rings. The van der Waals surface area contributed by atoms with Crippen LogP contribution in [-0.2, 0) is 4.79 Å². The first-order chi connectivity index (χ1) is 11.5. The molecule has 0 aliphatic carbocycles. The van der Waals surface area contributed by atoms with Gasteiger partial charge in [0.15, 0.2) is 0 Å². The van der Waals surface area contributed by atoms with Crippen molar-refractivity contribution < 1.29 is 9.59 Å². The number of halogens is 2. The summed E-state index contributed by atoms with van der Waals surface area (Å²) in [4.78, 5) is 30.9. The highest BCUT2D eigenvalue weighted by molar-refractivity contribution is 5.96. The Balaban J connectivity index is 0.00000169. The predicted octanol–water partition coefficient (Wildman–Crippen LogP) is 1.80. The van der Waals surface area contributed by atoms with Crippen LogP contribution < -0.4 is 5.73 Å². The number of piperazine rings is 1. The zero-order chi connectivity index (χ0) is 17.1. The first-order valence-corrected chi connectivity index (χ1v) is 8.70. The number of aryl methyl sites for hydroxylation is 1. The van der Waals surface area contributed by atoms with Gasteiger partial charge < -0.3 is 15.5 Å². The van der Waals surface area contributed by atoms with Gasteiger partial charge >= 0.3 is 0 Å². The number of benzene rings is 1. The molecule has 0 atom stereocenters. The molecule has 6 nitrogen and oxygen atoms in total. The number of nitrogens with zero attached hydrogens (tertiary/aromatic N) is 3. The minimum absolute atomic E-state index is 0. The second-order valence-electron chi connectivity index (χ2n) is 6.73. The van der Waals surface area contributed by atoms with Crippen LogP contribution in [0, 0.1) is 6.92 Å². The predicted molar refractivity (Wildman–Crippen MR) is 108 cm³/mol. The van der Waals surface area contributed by atoms with E-state index < -0.39 is 0 Å². The first kappa shape index (κ1) is 22.5. The summed E-state index contributed by atoms with van der Waals surface area (Å²) in [5.41, 5.74) is 8.04. The Kier molecular flexibility index (Phi) is 8.67. The van der Waals surface area contributed by atoms with Gasteiger partial charge in [0.1, 0.15) is 0 Å². The van der Waals surface area contributed by atoms with Crippen molar-refractivity contribution in [2.45, 2.75) is 19.8 Å². The van der Waals surface area contributed by atoms with Gasteiger partial charge in [-0.25, -0.2) is 0 Å². The Morgan fingerprint density at radius 1 is 0.962 bits per heavy atom. The minimum Gasteiger partial charge on any atom is -0.399 e. The zero-order valence-corrected chi connectivity index (χ0v) is 16.8. The third-order valence-electron chi connectivity index (χ3n) is 4.97. The molecule has 0 radical (unpaired) electrons. The lowest BCUT2D eigenvalue weighted by atomic mass is 10.1. The number of amides is 2. The van der Waals surface area contributed by atoms with Gasteiger partial charge in [-0.1, -0.05) is 6.07 Å². The molecule has 1 aromatic rings. The van der Waals surface area contributed by atoms with E-state index in [0.717, 1.165) is 44.6 Å². The molecule has 2 aliphatic heterocycles. The average molecular weight is 403 g/mol. The number of nitrogens with two attached hydrogens (primary N) is 1. The van der Waals surface area contributed by atoms with Crippen molar-refractivity contribution >= 4 is 42.3 Å². The highest BCUT2D eigenvalue weighted by atomic mass is 35.5. The summed E-state index contributed by atoms with van der Waals surface area (Å²) in [6.45, 7) is 6.98. The van der Waals surface area contributed by atoms with E-state index in [1.54, 1.807) is 6.07 Å². The standard InChI is InChI=1S/C18H26N4O2.2ClH/c1-14-4-5-15(19)12-16(14)18(24)22-10-8-20(9-11-22)13-17(23)21-6-2-3-7-21;;/h4-5,12H,2-3,6-11,13,19H2,1H3;2*1H. The van der Waals surface area contributed by atoms with E-state index >= 15 is 0 Å². The molecule has 0 aromatic heterocycles. The van der Waals surface area contributed by atoms with Crippen LogP contribution in [0.4, 0.5) is 5.69 Å². The highest BCUT2D eigenvalue weighted by Gasteiger charge is 2.26. The van der Waals surface area contributed by atoms with Crippen molar-refractivity contribution in [2.24, 2.45) is 0 Å². The maximum atomic E-state index is 12.7. The number of hydrogen-bond acceptors (Lipinski definition) is 4. The SMILES string of the molecule is Cc1ccc(N)cc1C(=O)N1CCN(CC(=O)N2CCCC2)CC1.Cl.Cl. The van der Waals surface area contributed by atoms with Crippen molar-refractivity contribution in [3.63, 3.8) is 0 Å². The zero-order valence-electron chi connectivity index (χ0n) is 15.1. The molecule has 1 aromatic carbocycles. The molecule has 2 heterocycles. The molecule has 0 bridgehead atoms. The monoisotopic (exact) mass is 402 g/mol. The van der Waals surface area contributed by atoms with Crippen LogP contribution >= 0.6 is 24.8 Å². The van der Waals surface area contributed by atoms with E-state index in [1.807, 2.05) is 28.9 Å². The Morgan fingerprint density at radius 2 is 1.58 bits per heavy atom. The summed E-state index contributed by atoms with van der Waals surface area (Å²) in [5, 5.41) is 0. The van der Waals surface area contributed by atoms with Gasteiger partial charge in [0.05, 0.1) is 6.54 Å². The van der Waals surface area contributed by atoms with Crippen LogP contribution in [0.15, 0.2) is 18.2 Å². The number of hydrogen-bond donors (Lipinski definition) is 1. The van der Waals surface area contributed by atoms with E-state index in [-0.39, 0.29) is 36.6 Å². The molecule has 146 valence electrons. The molecule has 0 spiro atoms. The lowest BCUT2D eigenvalue weighted by Gasteiger charge is -2.35. The van der Waals surface area contributed by atoms with Crippen molar-refractivity contribution in [1.82, 2.24) is 14.7 Å². The van der Waals surface area contributed by atoms with Crippen molar-refractivity contribution in [3.8, 4) is 0 Å². The van der Waals surface area contributed by atoms with Gasteiger partial charge in [0.2, 0.25) is 5.91 Å². The van der Waals surface area contributed by atoms with Crippen LogP contribution in [0.2, 0.25) is 0 Å². The lowest BCUT2D eigenvalue weighted by Crippen LogP contribution is -2.51. The fraction of sp³-hybridized carbons (Fsp3) is 0.556. The Hall–Kier alpha value is -1.50. The molecule has 2 N–H and O–H groups in total.